The summed E-state index contributed by atoms with van der Waals surface area (Å²) in [6, 6.07) is -0.643. The molecule has 0 bridgehead atoms. The van der Waals surface area contributed by atoms with Gasteiger partial charge in [0.2, 0.25) is 5.91 Å². The Labute approximate surface area is 467 Å². The molecule has 75 heavy (non-hydrogen) atoms. The quantitative estimate of drug-likeness (QED) is 0.0320. The van der Waals surface area contributed by atoms with Gasteiger partial charge < -0.3 is 20.3 Å². The second-order valence-electron chi connectivity index (χ2n) is 22.8. The Kier molecular flexibility index (Phi) is 62.5. The summed E-state index contributed by atoms with van der Waals surface area (Å²) in [4.78, 5) is 24.6. The SMILES string of the molecule is CCCCCCCCC/C=C\CCCCCCCC(=O)OCCCCC/C=C\C/C=C\CCCCCCCCCC(=O)NC(CO)C(O)/C=C/CCCCCCCCCCCCCCCCCCCCCCCCC. The average molecular weight is 1050 g/mol. The molecule has 0 aliphatic carbocycles. The molecule has 2 unspecified atom stereocenters. The summed E-state index contributed by atoms with van der Waals surface area (Å²) < 4.78 is 5.46. The van der Waals surface area contributed by atoms with Crippen LogP contribution in [0.3, 0.4) is 0 Å². The maximum Gasteiger partial charge on any atom is 0.305 e. The van der Waals surface area contributed by atoms with Gasteiger partial charge >= 0.3 is 5.97 Å². The minimum absolute atomic E-state index is 0.0235. The molecular weight excluding hydrogens is 923 g/mol. The van der Waals surface area contributed by atoms with Crippen LogP contribution in [0.1, 0.15) is 354 Å². The Morgan fingerprint density at radius 1 is 0.373 bits per heavy atom. The van der Waals surface area contributed by atoms with Crippen LogP contribution >= 0.6 is 0 Å². The number of unbranched alkanes of at least 4 members (excludes halogenated alkanes) is 45. The number of aliphatic hydroxyl groups is 2. The number of amides is 1. The van der Waals surface area contributed by atoms with Crippen molar-refractivity contribution >= 4 is 11.9 Å². The third kappa shape index (κ3) is 60.9. The fraction of sp³-hybridized carbons (Fsp3) is 0.855. The first-order valence-electron chi connectivity index (χ1n) is 33.4. The van der Waals surface area contributed by atoms with E-state index in [2.05, 4.69) is 55.6 Å². The van der Waals surface area contributed by atoms with Crippen LogP contribution in [0.15, 0.2) is 48.6 Å². The van der Waals surface area contributed by atoms with E-state index in [0.717, 1.165) is 83.5 Å². The molecule has 1 amide bonds. The van der Waals surface area contributed by atoms with Crippen LogP contribution < -0.4 is 5.32 Å². The van der Waals surface area contributed by atoms with Crippen molar-refractivity contribution in [2.24, 2.45) is 0 Å². The molecule has 0 saturated carbocycles. The summed E-state index contributed by atoms with van der Waals surface area (Å²) >= 11 is 0. The average Bonchev–Trinajstić information content (AvgIpc) is 3.41. The molecule has 0 aliphatic heterocycles. The number of rotatable bonds is 62. The van der Waals surface area contributed by atoms with E-state index in [1.165, 1.54) is 244 Å². The highest BCUT2D eigenvalue weighted by Crippen LogP contribution is 2.17. The number of hydrogen-bond donors (Lipinski definition) is 3. The van der Waals surface area contributed by atoms with Crippen LogP contribution in [0.2, 0.25) is 0 Å². The number of esters is 1. The van der Waals surface area contributed by atoms with Crippen molar-refractivity contribution in [3.63, 3.8) is 0 Å². The Morgan fingerprint density at radius 2 is 0.667 bits per heavy atom. The highest BCUT2D eigenvalue weighted by Gasteiger charge is 2.18. The second-order valence-corrected chi connectivity index (χ2v) is 22.8. The normalized spacial score (nSPS) is 12.9. The largest absolute Gasteiger partial charge is 0.466 e. The molecule has 0 aromatic rings. The molecule has 440 valence electrons. The van der Waals surface area contributed by atoms with Crippen LogP contribution in [0.4, 0.5) is 0 Å². The Balaban J connectivity index is 3.52. The van der Waals surface area contributed by atoms with Gasteiger partial charge in [0.05, 0.1) is 25.4 Å². The number of allylic oxidation sites excluding steroid dienone is 7. The molecule has 0 rings (SSSR count). The smallest absolute Gasteiger partial charge is 0.305 e. The minimum atomic E-state index is -0.858. The Bertz CT molecular complexity index is 1260. The highest BCUT2D eigenvalue weighted by molar-refractivity contribution is 5.76. The number of ether oxygens (including phenoxy) is 1. The van der Waals surface area contributed by atoms with Gasteiger partial charge in [0.15, 0.2) is 0 Å². The molecule has 0 fully saturated rings. The van der Waals surface area contributed by atoms with Crippen molar-refractivity contribution in [2.45, 2.75) is 366 Å². The molecule has 6 heteroatoms. The molecular formula is C69H129NO5. The maximum absolute atomic E-state index is 12.5. The molecule has 0 aliphatic rings. The predicted octanol–water partition coefficient (Wildman–Crippen LogP) is 21.3. The van der Waals surface area contributed by atoms with Gasteiger partial charge in [-0.1, -0.05) is 294 Å². The molecule has 0 radical (unpaired) electrons. The van der Waals surface area contributed by atoms with E-state index in [1.807, 2.05) is 6.08 Å². The van der Waals surface area contributed by atoms with E-state index in [9.17, 15) is 19.8 Å². The number of hydrogen-bond acceptors (Lipinski definition) is 5. The monoisotopic (exact) mass is 1050 g/mol. The zero-order chi connectivity index (χ0) is 54.3. The van der Waals surface area contributed by atoms with Gasteiger partial charge in [0, 0.05) is 12.8 Å². The second kappa shape index (κ2) is 64.3. The predicted molar refractivity (Wildman–Crippen MR) is 329 cm³/mol. The highest BCUT2D eigenvalue weighted by atomic mass is 16.5. The van der Waals surface area contributed by atoms with E-state index >= 15 is 0 Å². The Morgan fingerprint density at radius 3 is 1.03 bits per heavy atom. The summed E-state index contributed by atoms with van der Waals surface area (Å²) in [6.45, 7) is 4.87. The van der Waals surface area contributed by atoms with Gasteiger partial charge in [-0.2, -0.15) is 0 Å². The lowest BCUT2D eigenvalue weighted by atomic mass is 10.0. The molecule has 0 aromatic heterocycles. The van der Waals surface area contributed by atoms with Gasteiger partial charge in [-0.15, -0.1) is 0 Å². The van der Waals surface area contributed by atoms with Gasteiger partial charge in [0.1, 0.15) is 0 Å². The summed E-state index contributed by atoms with van der Waals surface area (Å²) in [5.74, 6) is -0.105. The number of aliphatic hydroxyl groups excluding tert-OH is 2. The summed E-state index contributed by atoms with van der Waals surface area (Å²) in [6.07, 6.45) is 83.1. The van der Waals surface area contributed by atoms with Crippen molar-refractivity contribution in [3.8, 4) is 0 Å². The van der Waals surface area contributed by atoms with Crippen molar-refractivity contribution < 1.29 is 24.5 Å². The minimum Gasteiger partial charge on any atom is -0.466 e. The first-order valence-corrected chi connectivity index (χ1v) is 33.4. The van der Waals surface area contributed by atoms with Gasteiger partial charge in [-0.05, 0) is 96.3 Å². The summed E-state index contributed by atoms with van der Waals surface area (Å²) in [7, 11) is 0. The number of carbonyl (C=O) groups is 2. The summed E-state index contributed by atoms with van der Waals surface area (Å²) in [5, 5.41) is 23.2. The Hall–Kier alpha value is -2.18. The van der Waals surface area contributed by atoms with E-state index in [4.69, 9.17) is 4.74 Å². The molecule has 0 saturated heterocycles. The maximum atomic E-state index is 12.5. The van der Waals surface area contributed by atoms with Crippen LogP contribution in [0.25, 0.3) is 0 Å². The van der Waals surface area contributed by atoms with Crippen LogP contribution in [-0.2, 0) is 14.3 Å². The molecule has 0 spiro atoms. The van der Waals surface area contributed by atoms with Gasteiger partial charge in [-0.25, -0.2) is 0 Å². The van der Waals surface area contributed by atoms with Crippen molar-refractivity contribution in [3.05, 3.63) is 48.6 Å². The van der Waals surface area contributed by atoms with E-state index in [1.54, 1.807) is 6.08 Å². The van der Waals surface area contributed by atoms with Gasteiger partial charge in [-0.3, -0.25) is 9.59 Å². The lowest BCUT2D eigenvalue weighted by Gasteiger charge is -2.20. The standard InChI is InChI=1S/C69H129NO5/c1-3-5-7-9-11-13-15-17-19-21-22-23-24-25-26-27-28-30-33-37-41-45-49-53-57-61-67(72)66(65-71)70-68(73)62-58-54-50-46-42-38-34-31-29-32-36-40-44-48-52-56-60-64-75-69(74)63-59-55-51-47-43-39-35-20-18-16-14-12-10-8-6-4-2/h20,29,32,35,40,44,57,61,66-67,71-72H,3-19,21-28,30-31,33-34,36-39,41-43,45-56,58-60,62-65H2,1-2H3,(H,70,73)/b32-29-,35-20-,44-40-,61-57+. The van der Waals surface area contributed by atoms with Crippen LogP contribution in [0.5, 0.6) is 0 Å². The zero-order valence-corrected chi connectivity index (χ0v) is 50.3. The van der Waals surface area contributed by atoms with Crippen molar-refractivity contribution in [1.29, 1.82) is 0 Å². The number of carbonyl (C=O) groups excluding carboxylic acids is 2. The topological polar surface area (TPSA) is 95.9 Å². The third-order valence-electron chi connectivity index (χ3n) is 15.3. The van der Waals surface area contributed by atoms with Crippen LogP contribution in [-0.4, -0.2) is 47.4 Å². The summed E-state index contributed by atoms with van der Waals surface area (Å²) in [5.41, 5.74) is 0. The zero-order valence-electron chi connectivity index (χ0n) is 50.3. The van der Waals surface area contributed by atoms with E-state index in [0.29, 0.717) is 19.4 Å². The fourth-order valence-corrected chi connectivity index (χ4v) is 10.2. The fourth-order valence-electron chi connectivity index (χ4n) is 10.2. The van der Waals surface area contributed by atoms with Gasteiger partial charge in [0.25, 0.3) is 0 Å². The van der Waals surface area contributed by atoms with E-state index < -0.39 is 12.1 Å². The first-order chi connectivity index (χ1) is 37.0. The lowest BCUT2D eigenvalue weighted by Crippen LogP contribution is -2.45. The van der Waals surface area contributed by atoms with Crippen molar-refractivity contribution in [1.82, 2.24) is 5.32 Å². The van der Waals surface area contributed by atoms with Crippen LogP contribution in [0, 0.1) is 0 Å². The lowest BCUT2D eigenvalue weighted by molar-refractivity contribution is -0.143. The van der Waals surface area contributed by atoms with E-state index in [-0.39, 0.29) is 18.5 Å². The molecule has 6 nitrogen and oxygen atoms in total. The molecule has 0 heterocycles. The molecule has 0 aromatic carbocycles. The first kappa shape index (κ1) is 72.8. The third-order valence-corrected chi connectivity index (χ3v) is 15.3. The number of nitrogens with one attached hydrogen (secondary N) is 1. The molecule has 2 atom stereocenters. The van der Waals surface area contributed by atoms with Crippen molar-refractivity contribution in [2.75, 3.05) is 13.2 Å². The molecule has 3 N–H and O–H groups in total.